The van der Waals surface area contributed by atoms with E-state index in [0.717, 1.165) is 23.7 Å². The molecular formula is C31H28N4O6S. The summed E-state index contributed by atoms with van der Waals surface area (Å²) >= 11 is 5.69. The second-order valence-electron chi connectivity index (χ2n) is 9.74. The number of hydrogen-bond acceptors (Lipinski definition) is 6. The number of aryl methyl sites for hydroxylation is 1. The molecule has 1 aliphatic heterocycles. The van der Waals surface area contributed by atoms with Crippen molar-refractivity contribution in [2.45, 2.75) is 31.8 Å². The maximum atomic E-state index is 13.0. The van der Waals surface area contributed by atoms with Gasteiger partial charge in [-0.15, -0.1) is 0 Å². The third kappa shape index (κ3) is 6.01. The number of thiocarbonyl (C=S) groups is 1. The van der Waals surface area contributed by atoms with Crippen molar-refractivity contribution in [2.24, 2.45) is 0 Å². The highest BCUT2D eigenvalue weighted by atomic mass is 32.1. The van der Waals surface area contributed by atoms with Crippen molar-refractivity contribution in [3.8, 4) is 11.3 Å². The van der Waals surface area contributed by atoms with Crippen LogP contribution in [0.4, 0.5) is 5.69 Å². The molecule has 3 heterocycles. The number of para-hydroxylation sites is 1. The van der Waals surface area contributed by atoms with E-state index in [0.29, 0.717) is 27.9 Å². The van der Waals surface area contributed by atoms with Crippen molar-refractivity contribution >= 4 is 40.9 Å². The second kappa shape index (κ2) is 12.2. The summed E-state index contributed by atoms with van der Waals surface area (Å²) < 4.78 is 6.23. The number of nitrogens with zero attached hydrogens (tertiary/aromatic N) is 2. The highest BCUT2D eigenvalue weighted by Gasteiger charge is 2.41. The van der Waals surface area contributed by atoms with Crippen molar-refractivity contribution in [3.63, 3.8) is 0 Å². The quantitative estimate of drug-likeness (QED) is 0.181. The number of aromatic nitrogens is 1. The minimum Gasteiger partial charge on any atom is -0.478 e. The number of pyridine rings is 1. The number of amides is 1. The fourth-order valence-electron chi connectivity index (χ4n) is 5.02. The molecule has 0 saturated carbocycles. The number of aromatic carboxylic acids is 2. The Hall–Kier alpha value is -5.03. The number of carbonyl (C=O) groups is 3. The molecular weight excluding hydrogens is 556 g/mol. The molecule has 1 aliphatic rings. The van der Waals surface area contributed by atoms with Crippen LogP contribution in [0, 0.1) is 0 Å². The molecule has 2 aromatic heterocycles. The van der Waals surface area contributed by atoms with E-state index in [4.69, 9.17) is 16.6 Å². The molecule has 11 heteroatoms. The van der Waals surface area contributed by atoms with Crippen LogP contribution in [-0.4, -0.2) is 49.6 Å². The molecule has 1 amide bonds. The molecule has 10 nitrogen and oxygen atoms in total. The first kappa shape index (κ1) is 28.5. The largest absolute Gasteiger partial charge is 0.478 e. The van der Waals surface area contributed by atoms with E-state index in [-0.39, 0.29) is 30.0 Å². The van der Waals surface area contributed by atoms with Crippen LogP contribution < -0.4 is 10.6 Å². The maximum Gasteiger partial charge on any atom is 0.335 e. The first-order valence-corrected chi connectivity index (χ1v) is 13.7. The standard InChI is InChI=1S/C31H28N4O6S/c1-2-18-7-3-4-8-22(18)33-26(36)12-14-35-28(27(34-31(35)42)23-9-5-6-13-32-23)25-11-10-24(41-25)19-15-20(29(37)38)17-21(16-19)30(39)40/h3-11,13,15-17,27-28H,2,12,14H2,1H3,(H,33,36)(H,34,42)(H,37,38)(H,39,40). The summed E-state index contributed by atoms with van der Waals surface area (Å²) in [5.41, 5.74) is 2.49. The van der Waals surface area contributed by atoms with E-state index in [2.05, 4.69) is 15.6 Å². The average Bonchev–Trinajstić information content (AvgIpc) is 3.61. The molecule has 0 radical (unpaired) electrons. The van der Waals surface area contributed by atoms with Gasteiger partial charge in [0.05, 0.1) is 22.9 Å². The Bertz CT molecular complexity index is 1620. The van der Waals surface area contributed by atoms with Gasteiger partial charge in [0.2, 0.25) is 5.91 Å². The lowest BCUT2D eigenvalue weighted by Gasteiger charge is -2.26. The van der Waals surface area contributed by atoms with Gasteiger partial charge in [0.15, 0.2) is 5.11 Å². The molecule has 5 rings (SSSR count). The maximum absolute atomic E-state index is 13.0. The van der Waals surface area contributed by atoms with Gasteiger partial charge in [-0.05, 0) is 72.7 Å². The van der Waals surface area contributed by atoms with E-state index in [1.54, 1.807) is 18.3 Å². The topological polar surface area (TPSA) is 145 Å². The predicted molar refractivity (Wildman–Crippen MR) is 159 cm³/mol. The monoisotopic (exact) mass is 584 g/mol. The second-order valence-corrected chi connectivity index (χ2v) is 10.1. The summed E-state index contributed by atoms with van der Waals surface area (Å²) in [5.74, 6) is -1.88. The number of nitrogens with one attached hydrogen (secondary N) is 2. The Morgan fingerprint density at radius 1 is 1.00 bits per heavy atom. The van der Waals surface area contributed by atoms with E-state index in [9.17, 15) is 24.6 Å². The van der Waals surface area contributed by atoms with Crippen molar-refractivity contribution in [1.29, 1.82) is 0 Å². The number of carbonyl (C=O) groups excluding carboxylic acids is 1. The predicted octanol–water partition coefficient (Wildman–Crippen LogP) is 5.30. The molecule has 0 bridgehead atoms. The summed E-state index contributed by atoms with van der Waals surface area (Å²) in [5, 5.41) is 25.7. The van der Waals surface area contributed by atoms with Crippen molar-refractivity contribution in [1.82, 2.24) is 15.2 Å². The van der Waals surface area contributed by atoms with Crippen LogP contribution in [0.1, 0.15) is 63.2 Å². The van der Waals surface area contributed by atoms with Crippen molar-refractivity contribution < 1.29 is 29.0 Å². The van der Waals surface area contributed by atoms with Crippen LogP contribution in [0.25, 0.3) is 11.3 Å². The van der Waals surface area contributed by atoms with Crippen LogP contribution in [0.5, 0.6) is 0 Å². The van der Waals surface area contributed by atoms with E-state index < -0.39 is 24.0 Å². The molecule has 42 heavy (non-hydrogen) atoms. The highest BCUT2D eigenvalue weighted by molar-refractivity contribution is 7.80. The van der Waals surface area contributed by atoms with Gasteiger partial charge >= 0.3 is 11.9 Å². The zero-order valence-corrected chi connectivity index (χ0v) is 23.4. The van der Waals surface area contributed by atoms with Gasteiger partial charge in [0.1, 0.15) is 17.6 Å². The first-order chi connectivity index (χ1) is 20.2. The van der Waals surface area contributed by atoms with Gasteiger partial charge in [-0.1, -0.05) is 31.2 Å². The molecule has 214 valence electrons. The summed E-state index contributed by atoms with van der Waals surface area (Å²) in [6, 6.07) is 19.5. The Morgan fingerprint density at radius 3 is 2.38 bits per heavy atom. The number of rotatable bonds is 10. The van der Waals surface area contributed by atoms with Crippen LogP contribution in [-0.2, 0) is 11.2 Å². The minimum absolute atomic E-state index is 0.154. The van der Waals surface area contributed by atoms with Crippen molar-refractivity contribution in [2.75, 3.05) is 11.9 Å². The highest BCUT2D eigenvalue weighted by Crippen LogP contribution is 2.40. The molecule has 0 aliphatic carbocycles. The minimum atomic E-state index is -1.25. The summed E-state index contributed by atoms with van der Waals surface area (Å²) in [4.78, 5) is 42.6. The van der Waals surface area contributed by atoms with Gasteiger partial charge < -0.3 is 30.2 Å². The average molecular weight is 585 g/mol. The number of benzene rings is 2. The summed E-state index contributed by atoms with van der Waals surface area (Å²) in [6.07, 6.45) is 2.62. The van der Waals surface area contributed by atoms with E-state index in [1.165, 1.54) is 12.1 Å². The van der Waals surface area contributed by atoms with Gasteiger partial charge in [0.25, 0.3) is 0 Å². The third-order valence-corrected chi connectivity index (χ3v) is 7.43. The number of furan rings is 1. The zero-order chi connectivity index (χ0) is 29.8. The van der Waals surface area contributed by atoms with Gasteiger partial charge in [0, 0.05) is 30.4 Å². The lowest BCUT2D eigenvalue weighted by atomic mass is 10.0. The lowest BCUT2D eigenvalue weighted by molar-refractivity contribution is -0.116. The summed E-state index contributed by atoms with van der Waals surface area (Å²) in [7, 11) is 0. The van der Waals surface area contributed by atoms with E-state index >= 15 is 0 Å². The zero-order valence-electron chi connectivity index (χ0n) is 22.6. The van der Waals surface area contributed by atoms with Gasteiger partial charge in [-0.2, -0.15) is 0 Å². The normalized spacial score (nSPS) is 16.2. The fourth-order valence-corrected chi connectivity index (χ4v) is 5.36. The molecule has 1 saturated heterocycles. The lowest BCUT2D eigenvalue weighted by Crippen LogP contribution is -2.32. The molecule has 0 spiro atoms. The summed E-state index contributed by atoms with van der Waals surface area (Å²) in [6.45, 7) is 2.31. The van der Waals surface area contributed by atoms with Crippen LogP contribution in [0.15, 0.2) is 83.4 Å². The van der Waals surface area contributed by atoms with E-state index in [1.807, 2.05) is 54.3 Å². The number of carboxylic acid groups (broad SMARTS) is 2. The van der Waals surface area contributed by atoms with Crippen LogP contribution >= 0.6 is 12.2 Å². The Kier molecular flexibility index (Phi) is 8.30. The van der Waals surface area contributed by atoms with Gasteiger partial charge in [-0.3, -0.25) is 9.78 Å². The molecule has 2 atom stereocenters. The Balaban J connectivity index is 1.44. The number of hydrogen-bond donors (Lipinski definition) is 4. The number of carboxylic acids is 2. The molecule has 1 fully saturated rings. The molecule has 4 aromatic rings. The molecule has 2 aromatic carbocycles. The Morgan fingerprint density at radius 2 is 1.71 bits per heavy atom. The smallest absolute Gasteiger partial charge is 0.335 e. The molecule has 2 unspecified atom stereocenters. The van der Waals surface area contributed by atoms with Crippen LogP contribution in [0.3, 0.4) is 0 Å². The van der Waals surface area contributed by atoms with Gasteiger partial charge in [-0.25, -0.2) is 9.59 Å². The van der Waals surface area contributed by atoms with Crippen molar-refractivity contribution in [3.05, 3.63) is 107 Å². The first-order valence-electron chi connectivity index (χ1n) is 13.3. The molecule has 4 N–H and O–H groups in total. The Labute approximate surface area is 247 Å². The number of anilines is 1. The third-order valence-electron chi connectivity index (χ3n) is 7.08. The SMILES string of the molecule is CCc1ccccc1NC(=O)CCN1C(=S)NC(c2ccccn2)C1c1ccc(-c2cc(C(=O)O)cc(C(=O)O)c2)o1. The van der Waals surface area contributed by atoms with Crippen LogP contribution in [0.2, 0.25) is 0 Å². The fraction of sp³-hybridized carbons (Fsp3) is 0.194.